The van der Waals surface area contributed by atoms with E-state index in [1.54, 1.807) is 7.11 Å². The quantitative estimate of drug-likeness (QED) is 0.671. The van der Waals surface area contributed by atoms with Crippen LogP contribution in [0, 0.1) is 0 Å². The van der Waals surface area contributed by atoms with Gasteiger partial charge in [0, 0.05) is 55.3 Å². The van der Waals surface area contributed by atoms with E-state index < -0.39 is 0 Å². The molecule has 1 aromatic carbocycles. The smallest absolute Gasteiger partial charge is 0.137 e. The van der Waals surface area contributed by atoms with Crippen LogP contribution in [0.1, 0.15) is 5.69 Å². The number of ether oxygens (including phenoxy) is 1. The standard InChI is InChI=1S/C19H21BrN4O/c1-25-18-5-3-17(4-6-18)23-10-8-22(9-11-23)13-16-14-24-12-15(20)2-7-19(24)21-16/h2-7,12,14H,8-11,13H2,1H3. The van der Waals surface area contributed by atoms with Gasteiger partial charge in [-0.3, -0.25) is 4.90 Å². The first kappa shape index (κ1) is 16.4. The molecule has 1 aliphatic rings. The number of nitrogens with zero attached hydrogens (tertiary/aromatic N) is 4. The summed E-state index contributed by atoms with van der Waals surface area (Å²) >= 11 is 3.51. The van der Waals surface area contributed by atoms with Gasteiger partial charge in [-0.05, 0) is 52.3 Å². The van der Waals surface area contributed by atoms with Gasteiger partial charge in [-0.2, -0.15) is 0 Å². The molecular weight excluding hydrogens is 380 g/mol. The molecule has 5 nitrogen and oxygen atoms in total. The van der Waals surface area contributed by atoms with Crippen LogP contribution in [-0.4, -0.2) is 47.6 Å². The molecule has 25 heavy (non-hydrogen) atoms. The number of aromatic nitrogens is 2. The van der Waals surface area contributed by atoms with Crippen LogP contribution in [0.2, 0.25) is 0 Å². The fraction of sp³-hybridized carbons (Fsp3) is 0.316. The van der Waals surface area contributed by atoms with Crippen molar-refractivity contribution in [2.24, 2.45) is 0 Å². The highest BCUT2D eigenvalue weighted by Gasteiger charge is 2.18. The number of anilines is 1. The molecule has 0 bridgehead atoms. The summed E-state index contributed by atoms with van der Waals surface area (Å²) in [6.45, 7) is 5.05. The Bertz CT molecular complexity index is 853. The first-order valence-electron chi connectivity index (χ1n) is 8.46. The van der Waals surface area contributed by atoms with Crippen LogP contribution in [-0.2, 0) is 6.54 Å². The van der Waals surface area contributed by atoms with E-state index in [9.17, 15) is 0 Å². The minimum absolute atomic E-state index is 0.899. The molecule has 0 unspecified atom stereocenters. The van der Waals surface area contributed by atoms with Crippen molar-refractivity contribution in [2.75, 3.05) is 38.2 Å². The number of rotatable bonds is 4. The Morgan fingerprint density at radius 2 is 1.76 bits per heavy atom. The maximum Gasteiger partial charge on any atom is 0.137 e. The Hall–Kier alpha value is -2.05. The highest BCUT2D eigenvalue weighted by Crippen LogP contribution is 2.21. The highest BCUT2D eigenvalue weighted by atomic mass is 79.9. The highest BCUT2D eigenvalue weighted by molar-refractivity contribution is 9.10. The third-order valence-electron chi connectivity index (χ3n) is 4.66. The van der Waals surface area contributed by atoms with E-state index in [0.717, 1.165) is 54.3 Å². The number of hydrogen-bond donors (Lipinski definition) is 0. The number of hydrogen-bond acceptors (Lipinski definition) is 4. The Labute approximate surface area is 156 Å². The van der Waals surface area contributed by atoms with E-state index in [0.29, 0.717) is 0 Å². The summed E-state index contributed by atoms with van der Waals surface area (Å²) in [4.78, 5) is 9.61. The van der Waals surface area contributed by atoms with Crippen molar-refractivity contribution < 1.29 is 4.74 Å². The predicted molar refractivity (Wildman–Crippen MR) is 103 cm³/mol. The molecule has 3 heterocycles. The topological polar surface area (TPSA) is 33.0 Å². The summed E-state index contributed by atoms with van der Waals surface area (Å²) in [5, 5.41) is 0. The van der Waals surface area contributed by atoms with E-state index in [1.807, 2.05) is 30.5 Å². The van der Waals surface area contributed by atoms with Crippen LogP contribution < -0.4 is 9.64 Å². The normalized spacial score (nSPS) is 15.7. The van der Waals surface area contributed by atoms with E-state index in [1.165, 1.54) is 5.69 Å². The monoisotopic (exact) mass is 400 g/mol. The zero-order chi connectivity index (χ0) is 17.2. The molecule has 0 amide bonds. The summed E-state index contributed by atoms with van der Waals surface area (Å²) in [6.07, 6.45) is 4.17. The number of benzene rings is 1. The maximum absolute atomic E-state index is 5.23. The Morgan fingerprint density at radius 3 is 2.48 bits per heavy atom. The first-order valence-corrected chi connectivity index (χ1v) is 9.25. The van der Waals surface area contributed by atoms with Crippen molar-refractivity contribution in [2.45, 2.75) is 6.54 Å². The van der Waals surface area contributed by atoms with E-state index in [-0.39, 0.29) is 0 Å². The molecule has 130 valence electrons. The van der Waals surface area contributed by atoms with Gasteiger partial charge in [0.1, 0.15) is 11.4 Å². The molecule has 0 N–H and O–H groups in total. The van der Waals surface area contributed by atoms with Crippen molar-refractivity contribution in [3.05, 3.63) is 59.0 Å². The number of fused-ring (bicyclic) bond motifs is 1. The van der Waals surface area contributed by atoms with Crippen LogP contribution >= 0.6 is 15.9 Å². The van der Waals surface area contributed by atoms with Gasteiger partial charge in [0.05, 0.1) is 12.8 Å². The average Bonchev–Trinajstić information content (AvgIpc) is 3.04. The minimum Gasteiger partial charge on any atom is -0.497 e. The molecule has 6 heteroatoms. The summed E-state index contributed by atoms with van der Waals surface area (Å²) < 4.78 is 8.38. The van der Waals surface area contributed by atoms with Gasteiger partial charge < -0.3 is 14.0 Å². The van der Waals surface area contributed by atoms with Crippen molar-refractivity contribution in [1.82, 2.24) is 14.3 Å². The zero-order valence-corrected chi connectivity index (χ0v) is 15.8. The lowest BCUT2D eigenvalue weighted by Gasteiger charge is -2.35. The maximum atomic E-state index is 5.23. The van der Waals surface area contributed by atoms with Crippen molar-refractivity contribution >= 4 is 27.3 Å². The van der Waals surface area contributed by atoms with Crippen LogP contribution in [0.15, 0.2) is 53.3 Å². The second-order valence-corrected chi connectivity index (χ2v) is 7.22. The van der Waals surface area contributed by atoms with E-state index in [2.05, 4.69) is 48.5 Å². The Kier molecular flexibility index (Phi) is 4.63. The van der Waals surface area contributed by atoms with Crippen LogP contribution in [0.3, 0.4) is 0 Å². The zero-order valence-electron chi connectivity index (χ0n) is 14.2. The Morgan fingerprint density at radius 1 is 1.00 bits per heavy atom. The van der Waals surface area contributed by atoms with Crippen LogP contribution in [0.4, 0.5) is 5.69 Å². The van der Waals surface area contributed by atoms with Crippen molar-refractivity contribution in [3.63, 3.8) is 0 Å². The molecule has 1 saturated heterocycles. The lowest BCUT2D eigenvalue weighted by Crippen LogP contribution is -2.46. The van der Waals surface area contributed by atoms with Gasteiger partial charge in [0.15, 0.2) is 0 Å². The molecule has 0 spiro atoms. The second-order valence-electron chi connectivity index (χ2n) is 6.31. The first-order chi connectivity index (χ1) is 12.2. The summed E-state index contributed by atoms with van der Waals surface area (Å²) in [6, 6.07) is 12.4. The molecular formula is C19H21BrN4O. The average molecular weight is 401 g/mol. The second kappa shape index (κ2) is 7.06. The molecule has 1 fully saturated rings. The summed E-state index contributed by atoms with van der Waals surface area (Å²) in [7, 11) is 1.70. The van der Waals surface area contributed by atoms with E-state index in [4.69, 9.17) is 9.72 Å². The fourth-order valence-corrected chi connectivity index (χ4v) is 3.63. The number of pyridine rings is 1. The third kappa shape index (κ3) is 3.65. The van der Waals surface area contributed by atoms with Gasteiger partial charge in [0.25, 0.3) is 0 Å². The lowest BCUT2D eigenvalue weighted by atomic mass is 10.2. The van der Waals surface area contributed by atoms with E-state index >= 15 is 0 Å². The molecule has 0 radical (unpaired) electrons. The minimum atomic E-state index is 0.899. The van der Waals surface area contributed by atoms with Gasteiger partial charge >= 0.3 is 0 Å². The SMILES string of the molecule is COc1ccc(N2CCN(Cc3cn4cc(Br)ccc4n3)CC2)cc1. The van der Waals surface area contributed by atoms with Crippen molar-refractivity contribution in [3.8, 4) is 5.75 Å². The van der Waals surface area contributed by atoms with Crippen molar-refractivity contribution in [1.29, 1.82) is 0 Å². The predicted octanol–water partition coefficient (Wildman–Crippen LogP) is 3.43. The lowest BCUT2D eigenvalue weighted by molar-refractivity contribution is 0.247. The van der Waals surface area contributed by atoms with Gasteiger partial charge in [-0.1, -0.05) is 0 Å². The largest absolute Gasteiger partial charge is 0.497 e. The fourth-order valence-electron chi connectivity index (χ4n) is 3.28. The number of halogens is 1. The Balaban J connectivity index is 1.37. The number of imidazole rings is 1. The summed E-state index contributed by atoms with van der Waals surface area (Å²) in [5.74, 6) is 0.904. The third-order valence-corrected chi connectivity index (χ3v) is 5.13. The van der Waals surface area contributed by atoms with Gasteiger partial charge in [-0.25, -0.2) is 4.98 Å². The molecule has 4 rings (SSSR count). The number of piperazine rings is 1. The van der Waals surface area contributed by atoms with Gasteiger partial charge in [0.2, 0.25) is 0 Å². The van der Waals surface area contributed by atoms with Gasteiger partial charge in [-0.15, -0.1) is 0 Å². The summed E-state index contributed by atoms with van der Waals surface area (Å²) in [5.41, 5.74) is 3.38. The van der Waals surface area contributed by atoms with Crippen LogP contribution in [0.5, 0.6) is 5.75 Å². The molecule has 0 saturated carbocycles. The number of methoxy groups -OCH3 is 1. The molecule has 0 atom stereocenters. The molecule has 0 aliphatic carbocycles. The molecule has 1 aliphatic heterocycles. The molecule has 3 aromatic rings. The molecule has 2 aromatic heterocycles. The van der Waals surface area contributed by atoms with Crippen LogP contribution in [0.25, 0.3) is 5.65 Å².